The van der Waals surface area contributed by atoms with Crippen LogP contribution < -0.4 is 0 Å². The molecule has 23 heavy (non-hydrogen) atoms. The molecule has 1 aromatic heterocycles. The van der Waals surface area contributed by atoms with Gasteiger partial charge in [-0.25, -0.2) is 9.48 Å². The van der Waals surface area contributed by atoms with E-state index in [1.54, 1.807) is 9.80 Å². The summed E-state index contributed by atoms with van der Waals surface area (Å²) in [5.41, 5.74) is -0.213. The van der Waals surface area contributed by atoms with Crippen molar-refractivity contribution in [2.24, 2.45) is 0 Å². The minimum atomic E-state index is -1.19. The molecule has 1 unspecified atom stereocenters. The van der Waals surface area contributed by atoms with E-state index >= 15 is 0 Å². The lowest BCUT2D eigenvalue weighted by molar-refractivity contribution is -0.144. The molecule has 9 heteroatoms. The topological polar surface area (TPSA) is 109 Å². The van der Waals surface area contributed by atoms with Crippen LogP contribution in [0.15, 0.2) is 6.20 Å². The van der Waals surface area contributed by atoms with Gasteiger partial charge in [0.15, 0.2) is 5.69 Å². The van der Waals surface area contributed by atoms with Crippen LogP contribution in [0.4, 0.5) is 0 Å². The fraction of sp³-hybridized carbons (Fsp3) is 0.643. The normalized spacial score (nSPS) is 17.3. The molecule has 0 bridgehead atoms. The third-order valence-electron chi connectivity index (χ3n) is 3.99. The summed E-state index contributed by atoms with van der Waals surface area (Å²) in [7, 11) is 0. The Morgan fingerprint density at radius 1 is 1.35 bits per heavy atom. The Labute approximate surface area is 133 Å². The maximum Gasteiger partial charge on any atom is 0.358 e. The lowest BCUT2D eigenvalue weighted by Gasteiger charge is -2.29. The van der Waals surface area contributed by atoms with Crippen molar-refractivity contribution in [2.75, 3.05) is 19.6 Å². The minimum Gasteiger partial charge on any atom is -0.476 e. The molecule has 0 aliphatic carbocycles. The summed E-state index contributed by atoms with van der Waals surface area (Å²) in [4.78, 5) is 39.0. The van der Waals surface area contributed by atoms with Gasteiger partial charge in [0, 0.05) is 19.6 Å². The average molecular weight is 323 g/mol. The second-order valence-electron chi connectivity index (χ2n) is 5.36. The number of likely N-dealkylation sites (N-methyl/N-ethyl adjacent to an activating group) is 1. The predicted octanol–water partition coefficient (Wildman–Crippen LogP) is -0.164. The molecular weight excluding hydrogens is 302 g/mol. The van der Waals surface area contributed by atoms with Gasteiger partial charge in [0.05, 0.1) is 6.20 Å². The highest BCUT2D eigenvalue weighted by Crippen LogP contribution is 2.20. The van der Waals surface area contributed by atoms with Crippen LogP contribution in [0, 0.1) is 0 Å². The molecule has 1 N–H and O–H groups in total. The average Bonchev–Trinajstić information content (AvgIpc) is 3.17. The Morgan fingerprint density at radius 2 is 2.04 bits per heavy atom. The summed E-state index contributed by atoms with van der Waals surface area (Å²) >= 11 is 0. The fourth-order valence-electron chi connectivity index (χ4n) is 2.77. The van der Waals surface area contributed by atoms with E-state index in [1.165, 1.54) is 10.9 Å². The van der Waals surface area contributed by atoms with E-state index in [2.05, 4.69) is 10.3 Å². The molecule has 2 amide bonds. The quantitative estimate of drug-likeness (QED) is 0.779. The number of carbonyl (C=O) groups is 3. The van der Waals surface area contributed by atoms with E-state index in [9.17, 15) is 14.4 Å². The standard InChI is InChI=1S/C14H21N5O4/c1-3-17(4-2)13(21)11-6-5-7-19(11)12(20)9-18-8-10(14(22)23)15-16-18/h8,11H,3-7,9H2,1-2H3,(H,22,23). The molecule has 0 spiro atoms. The van der Waals surface area contributed by atoms with Crippen LogP contribution in [0.5, 0.6) is 0 Å². The van der Waals surface area contributed by atoms with Gasteiger partial charge in [-0.1, -0.05) is 5.21 Å². The van der Waals surface area contributed by atoms with Gasteiger partial charge in [-0.05, 0) is 26.7 Å². The Hall–Kier alpha value is -2.45. The first-order valence-electron chi connectivity index (χ1n) is 7.69. The van der Waals surface area contributed by atoms with Crippen molar-refractivity contribution in [2.45, 2.75) is 39.3 Å². The summed E-state index contributed by atoms with van der Waals surface area (Å²) in [6, 6.07) is -0.440. The first kappa shape index (κ1) is 16.9. The molecule has 0 saturated carbocycles. The fourth-order valence-corrected chi connectivity index (χ4v) is 2.77. The van der Waals surface area contributed by atoms with Crippen molar-refractivity contribution in [1.82, 2.24) is 24.8 Å². The van der Waals surface area contributed by atoms with Gasteiger partial charge in [-0.2, -0.15) is 0 Å². The number of carbonyl (C=O) groups excluding carboxylic acids is 2. The maximum absolute atomic E-state index is 12.5. The van der Waals surface area contributed by atoms with Gasteiger partial charge >= 0.3 is 5.97 Å². The number of hydrogen-bond acceptors (Lipinski definition) is 5. The Bertz CT molecular complexity index is 596. The van der Waals surface area contributed by atoms with Crippen molar-refractivity contribution >= 4 is 17.8 Å². The lowest BCUT2D eigenvalue weighted by Crippen LogP contribution is -2.48. The number of carboxylic acid groups (broad SMARTS) is 1. The highest BCUT2D eigenvalue weighted by molar-refractivity contribution is 5.88. The van der Waals surface area contributed by atoms with Crippen molar-refractivity contribution in [3.05, 3.63) is 11.9 Å². The Balaban J connectivity index is 2.05. The van der Waals surface area contributed by atoms with Crippen LogP contribution in [0.25, 0.3) is 0 Å². The number of carboxylic acids is 1. The third-order valence-corrected chi connectivity index (χ3v) is 3.99. The number of hydrogen-bond donors (Lipinski definition) is 1. The molecule has 0 aromatic carbocycles. The zero-order valence-corrected chi connectivity index (χ0v) is 13.3. The highest BCUT2D eigenvalue weighted by Gasteiger charge is 2.35. The van der Waals surface area contributed by atoms with Crippen LogP contribution in [0.3, 0.4) is 0 Å². The smallest absolute Gasteiger partial charge is 0.358 e. The van der Waals surface area contributed by atoms with Crippen LogP contribution in [0.1, 0.15) is 37.2 Å². The van der Waals surface area contributed by atoms with Gasteiger partial charge < -0.3 is 14.9 Å². The van der Waals surface area contributed by atoms with Gasteiger partial charge in [0.25, 0.3) is 0 Å². The molecule has 1 aliphatic heterocycles. The number of nitrogens with zero attached hydrogens (tertiary/aromatic N) is 5. The monoisotopic (exact) mass is 323 g/mol. The first-order chi connectivity index (χ1) is 11.0. The summed E-state index contributed by atoms with van der Waals surface area (Å²) in [5.74, 6) is -1.49. The van der Waals surface area contributed by atoms with E-state index in [0.29, 0.717) is 26.1 Å². The zero-order valence-electron chi connectivity index (χ0n) is 13.3. The van der Waals surface area contributed by atoms with E-state index in [4.69, 9.17) is 5.11 Å². The molecule has 1 saturated heterocycles. The number of aromatic nitrogens is 3. The molecular formula is C14H21N5O4. The van der Waals surface area contributed by atoms with Crippen molar-refractivity contribution in [3.63, 3.8) is 0 Å². The summed E-state index contributed by atoms with van der Waals surface area (Å²) in [5, 5.41) is 15.9. The predicted molar refractivity (Wildman–Crippen MR) is 79.6 cm³/mol. The van der Waals surface area contributed by atoms with Gasteiger partial charge in [-0.15, -0.1) is 5.10 Å². The third kappa shape index (κ3) is 3.66. The molecule has 1 aliphatic rings. The molecule has 126 valence electrons. The SMILES string of the molecule is CCN(CC)C(=O)C1CCCN1C(=O)Cn1cc(C(=O)O)nn1. The van der Waals surface area contributed by atoms with E-state index in [0.717, 1.165) is 6.42 Å². The van der Waals surface area contributed by atoms with E-state index in [-0.39, 0.29) is 24.1 Å². The summed E-state index contributed by atoms with van der Waals surface area (Å²) in [6.07, 6.45) is 2.64. The number of likely N-dealkylation sites (tertiary alicyclic amines) is 1. The molecule has 2 rings (SSSR count). The Morgan fingerprint density at radius 3 is 2.61 bits per heavy atom. The molecule has 1 atom stereocenters. The summed E-state index contributed by atoms with van der Waals surface area (Å²) < 4.78 is 1.18. The molecule has 1 fully saturated rings. The van der Waals surface area contributed by atoms with Gasteiger partial charge in [-0.3, -0.25) is 9.59 Å². The van der Waals surface area contributed by atoms with Gasteiger partial charge in [0.1, 0.15) is 12.6 Å². The highest BCUT2D eigenvalue weighted by atomic mass is 16.4. The second-order valence-corrected chi connectivity index (χ2v) is 5.36. The zero-order chi connectivity index (χ0) is 17.0. The molecule has 1 aromatic rings. The second kappa shape index (κ2) is 7.21. The maximum atomic E-state index is 12.5. The molecule has 2 heterocycles. The van der Waals surface area contributed by atoms with Gasteiger partial charge in [0.2, 0.25) is 11.8 Å². The lowest BCUT2D eigenvalue weighted by atomic mass is 10.2. The van der Waals surface area contributed by atoms with Crippen LogP contribution in [-0.2, 0) is 16.1 Å². The van der Waals surface area contributed by atoms with Crippen molar-refractivity contribution < 1.29 is 19.5 Å². The first-order valence-corrected chi connectivity index (χ1v) is 7.69. The van der Waals surface area contributed by atoms with Crippen molar-refractivity contribution in [3.8, 4) is 0 Å². The minimum absolute atomic E-state index is 0.0364. The molecule has 9 nitrogen and oxygen atoms in total. The van der Waals surface area contributed by atoms with E-state index < -0.39 is 12.0 Å². The number of rotatable bonds is 6. The largest absolute Gasteiger partial charge is 0.476 e. The number of aromatic carboxylic acids is 1. The Kier molecular flexibility index (Phi) is 5.30. The van der Waals surface area contributed by atoms with E-state index in [1.807, 2.05) is 13.8 Å². The van der Waals surface area contributed by atoms with Crippen LogP contribution in [-0.4, -0.2) is 73.4 Å². The van der Waals surface area contributed by atoms with Crippen LogP contribution in [0.2, 0.25) is 0 Å². The van der Waals surface area contributed by atoms with Crippen molar-refractivity contribution in [1.29, 1.82) is 0 Å². The summed E-state index contributed by atoms with van der Waals surface area (Å²) in [6.45, 7) is 5.44. The number of amides is 2. The molecule has 0 radical (unpaired) electrons. The van der Waals surface area contributed by atoms with Crippen LogP contribution >= 0.6 is 0 Å².